The quantitative estimate of drug-likeness (QED) is 0.427. The van der Waals surface area contributed by atoms with Crippen LogP contribution < -0.4 is 5.32 Å². The van der Waals surface area contributed by atoms with Crippen LogP contribution in [-0.4, -0.2) is 103 Å². The summed E-state index contributed by atoms with van der Waals surface area (Å²) in [4.78, 5) is 26.7. The number of likely N-dealkylation sites (tertiary alicyclic amines) is 2. The third kappa shape index (κ3) is 7.60. The van der Waals surface area contributed by atoms with E-state index in [4.69, 9.17) is 4.74 Å². The Kier molecular flexibility index (Phi) is 9.86. The molecule has 3 saturated heterocycles. The fourth-order valence-electron chi connectivity index (χ4n) is 7.99. The van der Waals surface area contributed by atoms with Crippen LogP contribution in [0, 0.1) is 18.8 Å². The maximum atomic E-state index is 13.6. The highest BCUT2D eigenvalue weighted by Gasteiger charge is 2.45. The molecule has 1 amide bonds. The summed E-state index contributed by atoms with van der Waals surface area (Å²) in [5.41, 5.74) is 1.12. The van der Waals surface area contributed by atoms with E-state index in [-0.39, 0.29) is 24.2 Å². The number of benzene rings is 1. The Hall–Kier alpha value is -2.81. The average Bonchev–Trinajstić information content (AvgIpc) is 3.63. The largest absolute Gasteiger partial charge is 0.416 e. The molecule has 1 saturated carbocycles. The Morgan fingerprint density at radius 2 is 1.70 bits per heavy atom. The second kappa shape index (κ2) is 13.6. The van der Waals surface area contributed by atoms with Gasteiger partial charge in [-0.1, -0.05) is 12.1 Å². The SMILES string of the molecule is Cc1c(NC[C@H]2CCC[C@@H](c3ccc(C(F)(F)F)cc3)O2)ncnc1C(=O)N1CCC(N2C[C@H]3CC(N(C)S(C)(=O)=O)C[C@H]3C2)CC1. The number of nitrogens with zero attached hydrogens (tertiary/aromatic N) is 5. The highest BCUT2D eigenvalue weighted by molar-refractivity contribution is 7.88. The second-order valence-electron chi connectivity index (χ2n) is 13.8. The molecular weight excluding hydrogens is 633 g/mol. The molecule has 3 aliphatic heterocycles. The van der Waals surface area contributed by atoms with Crippen molar-refractivity contribution in [3.63, 3.8) is 0 Å². The lowest BCUT2D eigenvalue weighted by molar-refractivity contribution is -0.137. The van der Waals surface area contributed by atoms with E-state index in [9.17, 15) is 26.4 Å². The summed E-state index contributed by atoms with van der Waals surface area (Å²) >= 11 is 0. The first kappa shape index (κ1) is 34.1. The number of ether oxygens (including phenoxy) is 1. The molecule has 4 fully saturated rings. The molecule has 0 radical (unpaired) electrons. The van der Waals surface area contributed by atoms with Crippen LogP contribution in [0.1, 0.15) is 78.2 Å². The van der Waals surface area contributed by atoms with Crippen molar-refractivity contribution in [2.75, 3.05) is 51.3 Å². The number of hydrogen-bond donors (Lipinski definition) is 1. The van der Waals surface area contributed by atoms with Gasteiger partial charge >= 0.3 is 6.18 Å². The van der Waals surface area contributed by atoms with Gasteiger partial charge < -0.3 is 15.0 Å². The number of amides is 1. The molecule has 1 aromatic heterocycles. The van der Waals surface area contributed by atoms with E-state index < -0.39 is 21.8 Å². The smallest absolute Gasteiger partial charge is 0.368 e. The van der Waals surface area contributed by atoms with Crippen molar-refractivity contribution in [2.45, 2.75) is 82.3 Å². The van der Waals surface area contributed by atoms with Gasteiger partial charge in [0.1, 0.15) is 17.8 Å². The normalized spacial score (nSPS) is 27.7. The van der Waals surface area contributed by atoms with Crippen LogP contribution in [0.3, 0.4) is 0 Å². The lowest BCUT2D eigenvalue weighted by Crippen LogP contribution is -2.47. The summed E-state index contributed by atoms with van der Waals surface area (Å²) in [6, 6.07) is 5.70. The van der Waals surface area contributed by atoms with Crippen molar-refractivity contribution in [3.8, 4) is 0 Å². The number of carbonyl (C=O) groups is 1. The Labute approximate surface area is 275 Å². The molecule has 4 aliphatic rings. The van der Waals surface area contributed by atoms with Gasteiger partial charge in [-0.2, -0.15) is 13.2 Å². The van der Waals surface area contributed by atoms with Crippen molar-refractivity contribution in [2.24, 2.45) is 11.8 Å². The molecule has 0 bridgehead atoms. The van der Waals surface area contributed by atoms with Crippen molar-refractivity contribution in [1.82, 2.24) is 24.1 Å². The molecule has 1 aromatic carbocycles. The summed E-state index contributed by atoms with van der Waals surface area (Å²) in [5, 5.41) is 3.32. The van der Waals surface area contributed by atoms with Gasteiger partial charge in [-0.3, -0.25) is 9.69 Å². The summed E-state index contributed by atoms with van der Waals surface area (Å²) in [7, 11) is -1.49. The van der Waals surface area contributed by atoms with Gasteiger partial charge in [0.15, 0.2) is 0 Å². The van der Waals surface area contributed by atoms with E-state index >= 15 is 0 Å². The third-order valence-corrected chi connectivity index (χ3v) is 12.1. The number of piperidine rings is 1. The number of nitrogens with one attached hydrogen (secondary N) is 1. The van der Waals surface area contributed by atoms with Crippen LogP contribution in [-0.2, 0) is 20.9 Å². The number of carbonyl (C=O) groups excluding carboxylic acids is 1. The van der Waals surface area contributed by atoms with Crippen LogP contribution in [0.5, 0.6) is 0 Å². The van der Waals surface area contributed by atoms with Crippen LogP contribution in [0.4, 0.5) is 19.0 Å². The fraction of sp³-hybridized carbons (Fsp3) is 0.667. The van der Waals surface area contributed by atoms with Crippen molar-refractivity contribution in [1.29, 1.82) is 0 Å². The Morgan fingerprint density at radius 1 is 1.04 bits per heavy atom. The number of anilines is 1. The molecule has 2 aromatic rings. The van der Waals surface area contributed by atoms with E-state index in [0.717, 1.165) is 75.7 Å². The van der Waals surface area contributed by atoms with E-state index in [1.54, 1.807) is 11.4 Å². The van der Waals surface area contributed by atoms with E-state index in [1.807, 2.05) is 11.8 Å². The maximum Gasteiger partial charge on any atom is 0.416 e. The number of sulfonamides is 1. The predicted octanol–water partition coefficient (Wildman–Crippen LogP) is 4.73. The fourth-order valence-corrected chi connectivity index (χ4v) is 8.70. The van der Waals surface area contributed by atoms with Gasteiger partial charge in [0.2, 0.25) is 10.0 Å². The summed E-state index contributed by atoms with van der Waals surface area (Å²) < 4.78 is 70.7. The van der Waals surface area contributed by atoms with Crippen molar-refractivity contribution < 1.29 is 31.1 Å². The summed E-state index contributed by atoms with van der Waals surface area (Å²) in [6.45, 7) is 5.59. The van der Waals surface area contributed by atoms with Gasteiger partial charge in [-0.25, -0.2) is 22.7 Å². The van der Waals surface area contributed by atoms with Gasteiger partial charge in [0, 0.05) is 57.4 Å². The zero-order chi connectivity index (χ0) is 33.5. The van der Waals surface area contributed by atoms with Crippen LogP contribution in [0.25, 0.3) is 0 Å². The lowest BCUT2D eigenvalue weighted by atomic mass is 9.97. The minimum atomic E-state index is -4.37. The molecule has 4 heterocycles. The maximum absolute atomic E-state index is 13.6. The molecule has 47 heavy (non-hydrogen) atoms. The number of halogens is 3. The van der Waals surface area contributed by atoms with E-state index in [1.165, 1.54) is 24.7 Å². The van der Waals surface area contributed by atoms with E-state index in [0.29, 0.717) is 54.6 Å². The molecule has 10 nitrogen and oxygen atoms in total. The Balaban J connectivity index is 0.987. The minimum Gasteiger partial charge on any atom is -0.368 e. The van der Waals surface area contributed by atoms with Crippen LogP contribution in [0.15, 0.2) is 30.6 Å². The number of hydrogen-bond acceptors (Lipinski definition) is 8. The molecule has 6 rings (SSSR count). The highest BCUT2D eigenvalue weighted by atomic mass is 32.2. The number of rotatable bonds is 8. The van der Waals surface area contributed by atoms with Crippen LogP contribution >= 0.6 is 0 Å². The Morgan fingerprint density at radius 3 is 2.32 bits per heavy atom. The summed E-state index contributed by atoms with van der Waals surface area (Å²) in [5.74, 6) is 1.51. The van der Waals surface area contributed by atoms with Crippen LogP contribution in [0.2, 0.25) is 0 Å². The van der Waals surface area contributed by atoms with Gasteiger partial charge in [0.25, 0.3) is 5.91 Å². The highest BCUT2D eigenvalue weighted by Crippen LogP contribution is 2.42. The van der Waals surface area contributed by atoms with Gasteiger partial charge in [-0.15, -0.1) is 0 Å². The Bertz CT molecular complexity index is 1520. The minimum absolute atomic E-state index is 0.0944. The standard InChI is InChI=1S/C33H45F3N6O4S/c1-21-30(32(43)41-13-11-26(12-14-41)42-18-23-15-27(16-24(23)19-42)40(2)47(3,44)45)38-20-39-31(21)37-17-28-5-4-6-29(46-28)22-7-9-25(10-8-22)33(34,35)36/h7-10,20,23-24,26-29H,4-6,11-19H2,1-3H3,(H,37,38,39)/t23-,24+,27?,28-,29+/m1/s1. The summed E-state index contributed by atoms with van der Waals surface area (Å²) in [6.07, 6.45) is 3.95. The number of aromatic nitrogens is 2. The number of fused-ring (bicyclic) bond motifs is 1. The average molecular weight is 679 g/mol. The third-order valence-electron chi connectivity index (χ3n) is 10.8. The first-order valence-corrected chi connectivity index (χ1v) is 18.5. The van der Waals surface area contributed by atoms with Gasteiger partial charge in [-0.05, 0) is 81.4 Å². The molecule has 1 N–H and O–H groups in total. The lowest BCUT2D eigenvalue weighted by Gasteiger charge is -2.37. The molecule has 5 atom stereocenters. The number of alkyl halides is 3. The second-order valence-corrected chi connectivity index (χ2v) is 15.8. The first-order chi connectivity index (χ1) is 22.3. The van der Waals surface area contributed by atoms with Gasteiger partial charge in [0.05, 0.1) is 24.0 Å². The van der Waals surface area contributed by atoms with E-state index in [2.05, 4.69) is 20.2 Å². The molecule has 14 heteroatoms. The van der Waals surface area contributed by atoms with Crippen molar-refractivity contribution >= 4 is 21.7 Å². The molecular formula is C33H45F3N6O4S. The molecule has 1 aliphatic carbocycles. The molecule has 258 valence electrons. The monoisotopic (exact) mass is 678 g/mol. The molecule has 1 unspecified atom stereocenters. The predicted molar refractivity (Wildman–Crippen MR) is 171 cm³/mol. The van der Waals surface area contributed by atoms with Crippen molar-refractivity contribution in [3.05, 3.63) is 53.0 Å². The topological polar surface area (TPSA) is 108 Å². The first-order valence-electron chi connectivity index (χ1n) is 16.6. The zero-order valence-corrected chi connectivity index (χ0v) is 28.1. The zero-order valence-electron chi connectivity index (χ0n) is 27.2. The molecule has 0 spiro atoms.